The van der Waals surface area contributed by atoms with Crippen molar-refractivity contribution in [1.82, 2.24) is 0 Å². The number of hydrogen-bond donors (Lipinski definition) is 0. The minimum Gasteiger partial charge on any atom is -0.463 e. The molecule has 1 saturated heterocycles. The molecule has 74 valence electrons. The van der Waals surface area contributed by atoms with E-state index in [1.807, 2.05) is 6.92 Å². The van der Waals surface area contributed by atoms with Crippen LogP contribution in [0.4, 0.5) is 0 Å². The molecular weight excluding hydrogens is 204 g/mol. The van der Waals surface area contributed by atoms with E-state index in [1.54, 1.807) is 0 Å². The molecule has 1 aliphatic rings. The fourth-order valence-electron chi connectivity index (χ4n) is 1.24. The van der Waals surface area contributed by atoms with Gasteiger partial charge >= 0.3 is 5.97 Å². The first kappa shape index (κ1) is 13.1. The molecule has 0 saturated carbocycles. The molecule has 0 bridgehead atoms. The van der Waals surface area contributed by atoms with Crippen molar-refractivity contribution in [2.45, 2.75) is 38.7 Å². The summed E-state index contributed by atoms with van der Waals surface area (Å²) in [5, 5.41) is 0. The Morgan fingerprint density at radius 2 is 2.38 bits per heavy atom. The van der Waals surface area contributed by atoms with Crippen LogP contribution in [0.2, 0.25) is 0 Å². The van der Waals surface area contributed by atoms with Crippen LogP contribution in [0.15, 0.2) is 0 Å². The first-order valence-corrected chi connectivity index (χ1v) is 4.60. The van der Waals surface area contributed by atoms with Gasteiger partial charge in [-0.1, -0.05) is 6.92 Å². The average molecular weight is 220 g/mol. The van der Waals surface area contributed by atoms with Crippen LogP contribution >= 0.6 is 0 Å². The zero-order chi connectivity index (χ0) is 8.81. The second kappa shape index (κ2) is 7.54. The molecule has 1 rings (SSSR count). The third-order valence-corrected chi connectivity index (χ3v) is 1.91. The van der Waals surface area contributed by atoms with Gasteiger partial charge < -0.3 is 9.47 Å². The van der Waals surface area contributed by atoms with Crippen LogP contribution in [-0.4, -0.2) is 25.3 Å². The van der Waals surface area contributed by atoms with Crippen molar-refractivity contribution in [3.8, 4) is 0 Å². The van der Waals surface area contributed by atoms with E-state index in [1.165, 1.54) is 0 Å². The summed E-state index contributed by atoms with van der Waals surface area (Å²) in [5.41, 5.74) is 0. The SMILES string of the molecule is CCCC(=O)OCC1CCCO1.[Ti]. The monoisotopic (exact) mass is 220 g/mol. The summed E-state index contributed by atoms with van der Waals surface area (Å²) >= 11 is 0. The normalized spacial score (nSPS) is 20.8. The predicted octanol–water partition coefficient (Wildman–Crippen LogP) is 1.51. The van der Waals surface area contributed by atoms with Crippen LogP contribution in [0.3, 0.4) is 0 Å². The van der Waals surface area contributed by atoms with Gasteiger partial charge in [-0.3, -0.25) is 4.79 Å². The van der Waals surface area contributed by atoms with Crippen molar-refractivity contribution in [2.24, 2.45) is 0 Å². The average Bonchev–Trinajstić information content (AvgIpc) is 2.53. The molecule has 0 aliphatic carbocycles. The van der Waals surface area contributed by atoms with Gasteiger partial charge in [0.15, 0.2) is 0 Å². The van der Waals surface area contributed by atoms with E-state index in [2.05, 4.69) is 0 Å². The summed E-state index contributed by atoms with van der Waals surface area (Å²) in [5.74, 6) is -0.104. The summed E-state index contributed by atoms with van der Waals surface area (Å²) in [7, 11) is 0. The molecule has 0 spiro atoms. The van der Waals surface area contributed by atoms with Crippen molar-refractivity contribution in [3.63, 3.8) is 0 Å². The largest absolute Gasteiger partial charge is 0.463 e. The molecule has 0 amide bonds. The van der Waals surface area contributed by atoms with E-state index < -0.39 is 0 Å². The van der Waals surface area contributed by atoms with Gasteiger partial charge in [-0.15, -0.1) is 0 Å². The Morgan fingerprint density at radius 3 is 2.92 bits per heavy atom. The molecule has 1 aliphatic heterocycles. The van der Waals surface area contributed by atoms with E-state index in [0.29, 0.717) is 13.0 Å². The van der Waals surface area contributed by atoms with Gasteiger partial charge in [-0.2, -0.15) is 0 Å². The smallest absolute Gasteiger partial charge is 0.305 e. The van der Waals surface area contributed by atoms with Crippen molar-refractivity contribution in [1.29, 1.82) is 0 Å². The molecule has 1 atom stereocenters. The minimum atomic E-state index is -0.104. The summed E-state index contributed by atoms with van der Waals surface area (Å²) in [6.45, 7) is 3.22. The van der Waals surface area contributed by atoms with Crippen molar-refractivity contribution in [2.75, 3.05) is 13.2 Å². The number of hydrogen-bond acceptors (Lipinski definition) is 3. The Bertz CT molecular complexity index is 144. The number of rotatable bonds is 4. The van der Waals surface area contributed by atoms with Crippen molar-refractivity contribution < 1.29 is 36.0 Å². The van der Waals surface area contributed by atoms with Gasteiger partial charge in [0, 0.05) is 34.7 Å². The molecule has 0 aromatic carbocycles. The van der Waals surface area contributed by atoms with Crippen LogP contribution in [-0.2, 0) is 36.0 Å². The predicted molar refractivity (Wildman–Crippen MR) is 44.8 cm³/mol. The molecule has 4 heteroatoms. The van der Waals surface area contributed by atoms with Gasteiger partial charge in [-0.05, 0) is 19.3 Å². The fraction of sp³-hybridized carbons (Fsp3) is 0.889. The number of carbonyl (C=O) groups is 1. The molecule has 0 radical (unpaired) electrons. The Labute approximate surface area is 94.0 Å². The van der Waals surface area contributed by atoms with Crippen LogP contribution in [0.25, 0.3) is 0 Å². The Hall–Kier alpha value is 0.144. The van der Waals surface area contributed by atoms with Crippen molar-refractivity contribution in [3.05, 3.63) is 0 Å². The van der Waals surface area contributed by atoms with Crippen LogP contribution in [0, 0.1) is 0 Å². The van der Waals surface area contributed by atoms with Crippen LogP contribution in [0.5, 0.6) is 0 Å². The molecule has 0 N–H and O–H groups in total. The standard InChI is InChI=1S/C9H16O3.Ti/c1-2-4-9(10)12-7-8-5-3-6-11-8;/h8H,2-7H2,1H3;. The van der Waals surface area contributed by atoms with E-state index >= 15 is 0 Å². The maximum atomic E-state index is 10.9. The third kappa shape index (κ3) is 5.45. The first-order chi connectivity index (χ1) is 5.83. The summed E-state index contributed by atoms with van der Waals surface area (Å²) in [4.78, 5) is 10.9. The van der Waals surface area contributed by atoms with Gasteiger partial charge in [0.1, 0.15) is 6.61 Å². The molecule has 0 aromatic rings. The molecule has 13 heavy (non-hydrogen) atoms. The molecule has 3 nitrogen and oxygen atoms in total. The summed E-state index contributed by atoms with van der Waals surface area (Å²) < 4.78 is 10.3. The third-order valence-electron chi connectivity index (χ3n) is 1.91. The zero-order valence-electron chi connectivity index (χ0n) is 8.04. The number of carbonyl (C=O) groups excluding carboxylic acids is 1. The van der Waals surface area contributed by atoms with Crippen LogP contribution in [0.1, 0.15) is 32.6 Å². The molecule has 1 heterocycles. The zero-order valence-corrected chi connectivity index (χ0v) is 9.61. The minimum absolute atomic E-state index is 0. The van der Waals surface area contributed by atoms with E-state index in [-0.39, 0.29) is 33.8 Å². The summed E-state index contributed by atoms with van der Waals surface area (Å²) in [6.07, 6.45) is 3.65. The number of esters is 1. The molecule has 0 aromatic heterocycles. The summed E-state index contributed by atoms with van der Waals surface area (Å²) in [6, 6.07) is 0. The van der Waals surface area contributed by atoms with E-state index in [0.717, 1.165) is 25.9 Å². The van der Waals surface area contributed by atoms with E-state index in [9.17, 15) is 4.79 Å². The van der Waals surface area contributed by atoms with Gasteiger partial charge in [0.2, 0.25) is 0 Å². The Morgan fingerprint density at radius 1 is 1.62 bits per heavy atom. The Kier molecular flexibility index (Phi) is 7.62. The second-order valence-corrected chi connectivity index (χ2v) is 3.07. The topological polar surface area (TPSA) is 35.5 Å². The van der Waals surface area contributed by atoms with Crippen LogP contribution < -0.4 is 0 Å². The molecular formula is C9H16O3Ti. The second-order valence-electron chi connectivity index (χ2n) is 3.07. The first-order valence-electron chi connectivity index (χ1n) is 4.60. The molecule has 1 fully saturated rings. The van der Waals surface area contributed by atoms with E-state index in [4.69, 9.17) is 9.47 Å². The van der Waals surface area contributed by atoms with Gasteiger partial charge in [0.25, 0.3) is 0 Å². The maximum Gasteiger partial charge on any atom is 0.305 e. The Balaban J connectivity index is 0.00000144. The van der Waals surface area contributed by atoms with Gasteiger partial charge in [-0.25, -0.2) is 0 Å². The number of ether oxygens (including phenoxy) is 2. The van der Waals surface area contributed by atoms with Crippen molar-refractivity contribution >= 4 is 5.97 Å². The fourth-order valence-corrected chi connectivity index (χ4v) is 1.24. The maximum absolute atomic E-state index is 10.9. The quantitative estimate of drug-likeness (QED) is 0.532. The van der Waals surface area contributed by atoms with Gasteiger partial charge in [0.05, 0.1) is 6.10 Å². The molecule has 1 unspecified atom stereocenters.